The van der Waals surface area contributed by atoms with Gasteiger partial charge in [-0.3, -0.25) is 4.79 Å². The van der Waals surface area contributed by atoms with E-state index >= 15 is 0 Å². The molecule has 4 heteroatoms. The van der Waals surface area contributed by atoms with Gasteiger partial charge in [0.25, 0.3) is 0 Å². The van der Waals surface area contributed by atoms with E-state index in [4.69, 9.17) is 0 Å². The predicted molar refractivity (Wildman–Crippen MR) is 88.4 cm³/mol. The Morgan fingerprint density at radius 1 is 1.25 bits per heavy atom. The summed E-state index contributed by atoms with van der Waals surface area (Å²) in [5.41, 5.74) is 1.28. The first-order valence-electron chi connectivity index (χ1n) is 6.77. The second-order valence-corrected chi connectivity index (χ2v) is 7.07. The van der Waals surface area contributed by atoms with Gasteiger partial charge < -0.3 is 5.32 Å². The van der Waals surface area contributed by atoms with Crippen molar-refractivity contribution < 1.29 is 4.79 Å². The van der Waals surface area contributed by atoms with Crippen LogP contribution in [-0.4, -0.2) is 12.3 Å². The van der Waals surface area contributed by atoms with Gasteiger partial charge in [0, 0.05) is 19.0 Å². The fourth-order valence-corrected chi connectivity index (χ4v) is 3.48. The number of halogens is 1. The second-order valence-electron chi connectivity index (χ2n) is 4.60. The van der Waals surface area contributed by atoms with Crippen LogP contribution < -0.4 is 5.32 Å². The van der Waals surface area contributed by atoms with Gasteiger partial charge in [0.15, 0.2) is 5.78 Å². The van der Waals surface area contributed by atoms with E-state index in [1.807, 2.05) is 30.3 Å². The Morgan fingerprint density at radius 2 is 2.00 bits per heavy atom. The van der Waals surface area contributed by atoms with Crippen molar-refractivity contribution in [1.82, 2.24) is 5.32 Å². The third-order valence-electron chi connectivity index (χ3n) is 3.20. The Balaban J connectivity index is 1.84. The molecule has 0 spiro atoms. The molecular weight excluding hydrogens is 334 g/mol. The van der Waals surface area contributed by atoms with Crippen LogP contribution in [0.3, 0.4) is 0 Å². The standard InChI is InChI=1S/C16H18BrNOS/c1-2-13(12-6-4-3-5-7-12)18-11-10-14(19)15-8-9-16(17)20-15/h3-9,13,18H,2,10-11H2,1H3. The number of hydrogen-bond donors (Lipinski definition) is 1. The molecule has 2 aromatic rings. The molecule has 1 heterocycles. The largest absolute Gasteiger partial charge is 0.310 e. The summed E-state index contributed by atoms with van der Waals surface area (Å²) in [6, 6.07) is 14.5. The SMILES string of the molecule is CCC(NCCC(=O)c1ccc(Br)s1)c1ccccc1. The molecule has 1 N–H and O–H groups in total. The van der Waals surface area contributed by atoms with E-state index in [1.54, 1.807) is 0 Å². The third-order valence-corrected chi connectivity index (χ3v) is 4.87. The maximum Gasteiger partial charge on any atom is 0.174 e. The summed E-state index contributed by atoms with van der Waals surface area (Å²) in [5.74, 6) is 0.205. The second kappa shape index (κ2) is 7.72. The minimum Gasteiger partial charge on any atom is -0.310 e. The van der Waals surface area contributed by atoms with Crippen LogP contribution >= 0.6 is 27.3 Å². The fraction of sp³-hybridized carbons (Fsp3) is 0.312. The highest BCUT2D eigenvalue weighted by Crippen LogP contribution is 2.23. The van der Waals surface area contributed by atoms with E-state index in [1.165, 1.54) is 16.9 Å². The van der Waals surface area contributed by atoms with E-state index in [-0.39, 0.29) is 5.78 Å². The first-order valence-corrected chi connectivity index (χ1v) is 8.38. The number of nitrogens with one attached hydrogen (secondary N) is 1. The molecule has 2 nitrogen and oxygen atoms in total. The fourth-order valence-electron chi connectivity index (χ4n) is 2.13. The molecule has 1 aromatic carbocycles. The number of carbonyl (C=O) groups excluding carboxylic acids is 1. The summed E-state index contributed by atoms with van der Waals surface area (Å²) < 4.78 is 1.00. The van der Waals surface area contributed by atoms with Gasteiger partial charge in [-0.2, -0.15) is 0 Å². The van der Waals surface area contributed by atoms with Gasteiger partial charge in [-0.15, -0.1) is 11.3 Å². The molecule has 0 bridgehead atoms. The maximum absolute atomic E-state index is 12.0. The van der Waals surface area contributed by atoms with Crippen molar-refractivity contribution in [2.75, 3.05) is 6.54 Å². The van der Waals surface area contributed by atoms with Crippen LogP contribution in [0.25, 0.3) is 0 Å². The van der Waals surface area contributed by atoms with Crippen LogP contribution in [0.15, 0.2) is 46.3 Å². The van der Waals surface area contributed by atoms with Gasteiger partial charge in [0.1, 0.15) is 0 Å². The molecule has 1 unspecified atom stereocenters. The lowest BCUT2D eigenvalue weighted by Crippen LogP contribution is -2.23. The average Bonchev–Trinajstić information content (AvgIpc) is 2.91. The Labute approximate surface area is 132 Å². The summed E-state index contributed by atoms with van der Waals surface area (Å²) in [6.07, 6.45) is 1.55. The zero-order valence-electron chi connectivity index (χ0n) is 11.4. The van der Waals surface area contributed by atoms with Crippen molar-refractivity contribution in [2.24, 2.45) is 0 Å². The molecule has 0 amide bonds. The lowest BCUT2D eigenvalue weighted by Gasteiger charge is -2.17. The molecule has 0 saturated heterocycles. The van der Waals surface area contributed by atoms with Crippen molar-refractivity contribution in [3.05, 3.63) is 56.7 Å². The third kappa shape index (κ3) is 4.27. The molecular formula is C16H18BrNOS. The zero-order valence-corrected chi connectivity index (χ0v) is 13.8. The number of carbonyl (C=O) groups is 1. The van der Waals surface area contributed by atoms with Crippen molar-refractivity contribution in [3.8, 4) is 0 Å². The lowest BCUT2D eigenvalue weighted by atomic mass is 10.0. The molecule has 106 valence electrons. The van der Waals surface area contributed by atoms with Crippen LogP contribution in [0.2, 0.25) is 0 Å². The van der Waals surface area contributed by atoms with Gasteiger partial charge in [-0.1, -0.05) is 37.3 Å². The summed E-state index contributed by atoms with van der Waals surface area (Å²) in [6.45, 7) is 2.87. The van der Waals surface area contributed by atoms with Crippen LogP contribution in [0.5, 0.6) is 0 Å². The molecule has 0 fully saturated rings. The highest BCUT2D eigenvalue weighted by atomic mass is 79.9. The monoisotopic (exact) mass is 351 g/mol. The van der Waals surface area contributed by atoms with Gasteiger partial charge in [0.05, 0.1) is 8.66 Å². The van der Waals surface area contributed by atoms with Gasteiger partial charge in [-0.25, -0.2) is 0 Å². The van der Waals surface area contributed by atoms with E-state index in [9.17, 15) is 4.79 Å². The van der Waals surface area contributed by atoms with Gasteiger partial charge in [-0.05, 0) is 40.0 Å². The Morgan fingerprint density at radius 3 is 2.60 bits per heavy atom. The van der Waals surface area contributed by atoms with E-state index in [0.29, 0.717) is 19.0 Å². The number of Topliss-reactive ketones (excluding diaryl/α,β-unsaturated/α-hetero) is 1. The summed E-state index contributed by atoms with van der Waals surface area (Å²) in [5, 5.41) is 3.47. The maximum atomic E-state index is 12.0. The van der Waals surface area contributed by atoms with Crippen LogP contribution in [-0.2, 0) is 0 Å². The quantitative estimate of drug-likeness (QED) is 0.724. The highest BCUT2D eigenvalue weighted by Gasteiger charge is 2.11. The van der Waals surface area contributed by atoms with Crippen LogP contribution in [0, 0.1) is 0 Å². The molecule has 20 heavy (non-hydrogen) atoms. The van der Waals surface area contributed by atoms with Crippen LogP contribution in [0.4, 0.5) is 0 Å². The number of thiophene rings is 1. The highest BCUT2D eigenvalue weighted by molar-refractivity contribution is 9.11. The molecule has 1 aromatic heterocycles. The van der Waals surface area contributed by atoms with Crippen molar-refractivity contribution >= 4 is 33.0 Å². The van der Waals surface area contributed by atoms with E-state index in [0.717, 1.165) is 15.1 Å². The summed E-state index contributed by atoms with van der Waals surface area (Å²) in [4.78, 5) is 12.8. The zero-order chi connectivity index (χ0) is 14.4. The normalized spacial score (nSPS) is 12.3. The molecule has 0 aliphatic rings. The smallest absolute Gasteiger partial charge is 0.174 e. The molecule has 1 atom stereocenters. The van der Waals surface area contributed by atoms with Gasteiger partial charge in [0.2, 0.25) is 0 Å². The van der Waals surface area contributed by atoms with Crippen molar-refractivity contribution in [2.45, 2.75) is 25.8 Å². The Bertz CT molecular complexity index is 553. The van der Waals surface area contributed by atoms with Gasteiger partial charge >= 0.3 is 0 Å². The number of hydrogen-bond acceptors (Lipinski definition) is 3. The van der Waals surface area contributed by atoms with Crippen molar-refractivity contribution in [1.29, 1.82) is 0 Å². The molecule has 0 aliphatic heterocycles. The van der Waals surface area contributed by atoms with Crippen LogP contribution in [0.1, 0.15) is 41.0 Å². The number of ketones is 1. The molecule has 0 radical (unpaired) electrons. The molecule has 0 saturated carbocycles. The summed E-state index contributed by atoms with van der Waals surface area (Å²) >= 11 is 4.88. The first-order chi connectivity index (χ1) is 9.70. The van der Waals surface area contributed by atoms with Crippen molar-refractivity contribution in [3.63, 3.8) is 0 Å². The predicted octanol–water partition coefficient (Wildman–Crippen LogP) is 4.82. The van der Waals surface area contributed by atoms with E-state index in [2.05, 4.69) is 40.3 Å². The number of rotatable bonds is 7. The molecule has 2 rings (SSSR count). The topological polar surface area (TPSA) is 29.1 Å². The minimum atomic E-state index is 0.205. The summed E-state index contributed by atoms with van der Waals surface area (Å²) in [7, 11) is 0. The lowest BCUT2D eigenvalue weighted by molar-refractivity contribution is 0.0985. The average molecular weight is 352 g/mol. The molecule has 0 aliphatic carbocycles. The Hall–Kier alpha value is -0.970. The first kappa shape index (κ1) is 15.4. The minimum absolute atomic E-state index is 0.205. The van der Waals surface area contributed by atoms with E-state index < -0.39 is 0 Å². The number of benzene rings is 1. The Kier molecular flexibility index (Phi) is 5.95.